The number of aromatic nitrogens is 1. The highest BCUT2D eigenvalue weighted by atomic mass is 28.3. The molecule has 0 atom stereocenters. The molecule has 0 bridgehead atoms. The second-order valence-corrected chi connectivity index (χ2v) is 14.1. The Kier molecular flexibility index (Phi) is 11.2. The zero-order valence-electron chi connectivity index (χ0n) is 23.7. The predicted molar refractivity (Wildman–Crippen MR) is 154 cm³/mol. The molecule has 3 aromatic rings. The molecule has 2 aromatic carbocycles. The number of amides is 1. The van der Waals surface area contributed by atoms with Crippen molar-refractivity contribution in [1.82, 2.24) is 4.98 Å². The minimum Gasteiger partial charge on any atom is -0.493 e. The van der Waals surface area contributed by atoms with E-state index in [4.69, 9.17) is 18.9 Å². The van der Waals surface area contributed by atoms with E-state index in [0.29, 0.717) is 47.1 Å². The van der Waals surface area contributed by atoms with Gasteiger partial charge in [0.1, 0.15) is 30.7 Å². The first kappa shape index (κ1) is 31.0. The number of hydrogen-bond acceptors (Lipinski definition) is 7. The van der Waals surface area contributed by atoms with Gasteiger partial charge in [-0.05, 0) is 32.0 Å². The fourth-order valence-corrected chi connectivity index (χ4v) is 3.91. The molecule has 0 saturated carbocycles. The summed E-state index contributed by atoms with van der Waals surface area (Å²) in [6.07, 6.45) is 1.82. The number of benzene rings is 2. The first-order valence-electron chi connectivity index (χ1n) is 12.5. The molecule has 3 rings (SSSR count). The van der Waals surface area contributed by atoms with Crippen LogP contribution in [0.15, 0.2) is 36.5 Å². The maximum atomic E-state index is 12.0. The third kappa shape index (κ3) is 8.93. The van der Waals surface area contributed by atoms with E-state index in [-0.39, 0.29) is 11.9 Å². The summed E-state index contributed by atoms with van der Waals surface area (Å²) in [5.41, 5.74) is 6.03. The summed E-state index contributed by atoms with van der Waals surface area (Å²) in [5.74, 6) is 2.89. The Hall–Kier alpha value is -4.23. The predicted octanol–water partition coefficient (Wildman–Crippen LogP) is 5.41. The average Bonchev–Trinajstić information content (AvgIpc) is 3.34. The van der Waals surface area contributed by atoms with E-state index in [9.17, 15) is 14.4 Å². The van der Waals surface area contributed by atoms with Gasteiger partial charge >= 0.3 is 11.9 Å². The van der Waals surface area contributed by atoms with E-state index in [0.717, 1.165) is 10.9 Å². The Bertz CT molecular complexity index is 1390. The highest BCUT2D eigenvalue weighted by Gasteiger charge is 2.18. The lowest BCUT2D eigenvalue weighted by atomic mass is 10.1. The number of anilines is 1. The van der Waals surface area contributed by atoms with Crippen LogP contribution in [-0.2, 0) is 14.3 Å². The van der Waals surface area contributed by atoms with Gasteiger partial charge in [-0.25, -0.2) is 9.59 Å². The van der Waals surface area contributed by atoms with Crippen molar-refractivity contribution in [1.29, 1.82) is 0 Å². The number of carbonyl (C=O) groups is 3. The van der Waals surface area contributed by atoms with Crippen LogP contribution in [0.3, 0.4) is 0 Å². The van der Waals surface area contributed by atoms with Crippen LogP contribution in [0.4, 0.5) is 5.69 Å². The zero-order valence-corrected chi connectivity index (χ0v) is 24.7. The molecule has 9 nitrogen and oxygen atoms in total. The highest BCUT2D eigenvalue weighted by molar-refractivity contribution is 6.83. The van der Waals surface area contributed by atoms with Crippen molar-refractivity contribution in [3.05, 3.63) is 53.2 Å². The molecule has 0 spiro atoms. The lowest BCUT2D eigenvalue weighted by molar-refractivity contribution is -0.114. The van der Waals surface area contributed by atoms with Gasteiger partial charge in [0.05, 0.1) is 33.1 Å². The van der Waals surface area contributed by atoms with Gasteiger partial charge < -0.3 is 29.2 Å². The van der Waals surface area contributed by atoms with Crippen LogP contribution >= 0.6 is 0 Å². The minimum atomic E-state index is -1.61. The van der Waals surface area contributed by atoms with Gasteiger partial charge in [-0.2, -0.15) is 0 Å². The van der Waals surface area contributed by atoms with Gasteiger partial charge in [-0.15, -0.1) is 5.54 Å². The highest BCUT2D eigenvalue weighted by Crippen LogP contribution is 2.29. The van der Waals surface area contributed by atoms with Crippen LogP contribution in [0.2, 0.25) is 19.6 Å². The second-order valence-electron chi connectivity index (χ2n) is 9.34. The van der Waals surface area contributed by atoms with E-state index in [2.05, 4.69) is 41.4 Å². The third-order valence-corrected chi connectivity index (χ3v) is 5.94. The molecule has 1 aromatic heterocycles. The van der Waals surface area contributed by atoms with Gasteiger partial charge in [-0.1, -0.05) is 25.6 Å². The number of hydrogen-bond donors (Lipinski definition) is 2. The SMILES string of the molecule is CCOc1cc(NC(C)=O)c(C#C[Si](C)(C)C)cc1C(=O)OC.CCOc1cc2[nH]ccc2cc1C(=O)OC. The molecule has 0 radical (unpaired) electrons. The van der Waals surface area contributed by atoms with E-state index in [1.54, 1.807) is 18.2 Å². The monoisotopic (exact) mass is 552 g/mol. The molecule has 0 aliphatic carbocycles. The topological polar surface area (TPSA) is 116 Å². The Balaban J connectivity index is 0.000000290. The number of fused-ring (bicyclic) bond motifs is 1. The number of nitrogens with one attached hydrogen (secondary N) is 2. The summed E-state index contributed by atoms with van der Waals surface area (Å²) < 4.78 is 20.4. The van der Waals surface area contributed by atoms with Crippen LogP contribution in [0.5, 0.6) is 11.5 Å². The number of carbonyl (C=O) groups excluding carboxylic acids is 3. The summed E-state index contributed by atoms with van der Waals surface area (Å²) in [6, 6.07) is 8.70. The largest absolute Gasteiger partial charge is 0.493 e. The Morgan fingerprint density at radius 2 is 1.46 bits per heavy atom. The third-order valence-electron chi connectivity index (χ3n) is 5.07. The molecule has 2 N–H and O–H groups in total. The number of esters is 2. The minimum absolute atomic E-state index is 0.214. The Morgan fingerprint density at radius 1 is 0.897 bits per heavy atom. The number of H-pyrrole nitrogens is 1. The van der Waals surface area contributed by atoms with Crippen LogP contribution in [0, 0.1) is 11.5 Å². The molecule has 1 heterocycles. The van der Waals surface area contributed by atoms with E-state index in [1.807, 2.05) is 32.2 Å². The van der Waals surface area contributed by atoms with Gasteiger partial charge in [0.2, 0.25) is 5.91 Å². The van der Waals surface area contributed by atoms with Crippen molar-refractivity contribution < 1.29 is 33.3 Å². The van der Waals surface area contributed by atoms with Gasteiger partial charge in [-0.3, -0.25) is 4.79 Å². The van der Waals surface area contributed by atoms with Crippen LogP contribution in [0.25, 0.3) is 10.9 Å². The van der Waals surface area contributed by atoms with Crippen molar-refractivity contribution in [3.8, 4) is 23.0 Å². The molecule has 10 heteroatoms. The van der Waals surface area contributed by atoms with Crippen LogP contribution in [-0.4, -0.2) is 58.3 Å². The fourth-order valence-electron chi connectivity index (χ4n) is 3.40. The smallest absolute Gasteiger partial charge is 0.341 e. The van der Waals surface area contributed by atoms with Gasteiger partial charge in [0, 0.05) is 41.7 Å². The molecule has 0 aliphatic rings. The molecule has 208 valence electrons. The molecule has 39 heavy (non-hydrogen) atoms. The molecule has 0 unspecified atom stereocenters. The van der Waals surface area contributed by atoms with Crippen molar-refractivity contribution in [3.63, 3.8) is 0 Å². The summed E-state index contributed by atoms with van der Waals surface area (Å²) in [7, 11) is 1.07. The summed E-state index contributed by atoms with van der Waals surface area (Å²) >= 11 is 0. The van der Waals surface area contributed by atoms with E-state index < -0.39 is 14.0 Å². The van der Waals surface area contributed by atoms with Gasteiger partial charge in [0.25, 0.3) is 0 Å². The van der Waals surface area contributed by atoms with Crippen molar-refractivity contribution >= 4 is 42.5 Å². The van der Waals surface area contributed by atoms with Crippen molar-refractivity contribution in [2.45, 2.75) is 40.4 Å². The average molecular weight is 553 g/mol. The zero-order chi connectivity index (χ0) is 29.2. The van der Waals surface area contributed by atoms with Crippen molar-refractivity contribution in [2.24, 2.45) is 0 Å². The lowest BCUT2D eigenvalue weighted by Crippen LogP contribution is -2.16. The standard InChI is InChI=1S/C17H23NO4Si.C12H13NO3/c1-7-22-16-11-15(18-12(2)19)13(8-9-23(4,5)6)10-14(16)17(20)21-3;1-3-16-11-7-10-8(4-5-13-10)6-9(11)12(14)15-2/h10-11H,7H2,1-6H3,(H,18,19);4-7,13H,3H2,1-2H3. The van der Waals surface area contributed by atoms with E-state index in [1.165, 1.54) is 21.1 Å². The summed E-state index contributed by atoms with van der Waals surface area (Å²) in [6.45, 7) is 12.4. The maximum Gasteiger partial charge on any atom is 0.341 e. The van der Waals surface area contributed by atoms with Gasteiger partial charge in [0.15, 0.2) is 0 Å². The van der Waals surface area contributed by atoms with E-state index >= 15 is 0 Å². The van der Waals surface area contributed by atoms with Crippen LogP contribution in [0.1, 0.15) is 47.1 Å². The first-order chi connectivity index (χ1) is 18.4. The summed E-state index contributed by atoms with van der Waals surface area (Å²) in [5, 5.41) is 3.70. The summed E-state index contributed by atoms with van der Waals surface area (Å²) in [4.78, 5) is 38.0. The number of rotatable bonds is 7. The second kappa shape index (κ2) is 14.1. The quantitative estimate of drug-likeness (QED) is 0.229. The Labute approximate surface area is 230 Å². The molecular weight excluding hydrogens is 516 g/mol. The molecule has 0 aliphatic heterocycles. The molecule has 1 amide bonds. The van der Waals surface area contributed by atoms with Crippen molar-refractivity contribution in [2.75, 3.05) is 32.8 Å². The number of ether oxygens (including phenoxy) is 4. The molecular formula is C29H36N2O7Si. The lowest BCUT2D eigenvalue weighted by Gasteiger charge is -2.14. The number of methoxy groups -OCH3 is 2. The molecule has 0 saturated heterocycles. The normalized spacial score (nSPS) is 10.4. The van der Waals surface area contributed by atoms with Crippen LogP contribution < -0.4 is 14.8 Å². The fraction of sp³-hybridized carbons (Fsp3) is 0.345. The maximum absolute atomic E-state index is 12.0. The molecule has 0 fully saturated rings. The Morgan fingerprint density at radius 3 is 1.97 bits per heavy atom. The number of aromatic amines is 1. The first-order valence-corrected chi connectivity index (χ1v) is 16.0.